The van der Waals surface area contributed by atoms with E-state index < -0.39 is 29.9 Å². The summed E-state index contributed by atoms with van der Waals surface area (Å²) in [5.41, 5.74) is 24.6. The van der Waals surface area contributed by atoms with Gasteiger partial charge in [0.15, 0.2) is 0 Å². The van der Waals surface area contributed by atoms with Crippen molar-refractivity contribution < 1.29 is 45.0 Å². The zero-order chi connectivity index (χ0) is 55.8. The molecule has 0 saturated carbocycles. The standard InChI is InChI=1S/C51H81N13O10S2/c1-5-62(6-2)38-9-12-41-44(35-38)74-45-36-39(63(7-3)8-4)10-13-42(45)51(41)43-14-11-40(37-46(43)76(71,72)73)75(69,70)64(33-31-60(27-15-47(65)56-23-19-52)28-16-48(66)57-24-20-53)34-32-61(29-17-49(67)58-25-21-54)30-18-50(68)59-26-22-55/h9-14,35-37H,5-8,15-34,52-55H2,1-4H3,(H4-,56,57,58,59,65,66,67,68,71,72,73)/p+1. The SMILES string of the molecule is CCN(CC)c1ccc2c(-c3ccc(S(=O)(=O)N(CCN(CCC(=O)NCCN)CCC(=O)NCCN)CCN(CCC(=O)NCCN)CCC(=O)NCCN)cc3S(=O)(=O)O)c3ccc(=[N+](CC)CC)cc-3oc2c1. The third-order valence-corrected chi connectivity index (χ3v) is 15.7. The van der Waals surface area contributed by atoms with Gasteiger partial charge in [-0.1, -0.05) is 6.07 Å². The Labute approximate surface area is 447 Å². The number of nitrogens with one attached hydrogen (secondary N) is 4. The second-order valence-corrected chi connectivity index (χ2v) is 21.3. The summed E-state index contributed by atoms with van der Waals surface area (Å²) in [5, 5.41) is 12.3. The predicted molar refractivity (Wildman–Crippen MR) is 296 cm³/mol. The number of rotatable bonds is 35. The van der Waals surface area contributed by atoms with Crippen LogP contribution in [-0.2, 0) is 39.3 Å². The van der Waals surface area contributed by atoms with Gasteiger partial charge in [0.25, 0.3) is 10.1 Å². The average molecular weight is 1100 g/mol. The number of hydrogen-bond donors (Lipinski definition) is 9. The molecule has 0 atom stereocenters. The van der Waals surface area contributed by atoms with Crippen LogP contribution in [0.2, 0.25) is 0 Å². The van der Waals surface area contributed by atoms with Crippen molar-refractivity contribution in [3.05, 3.63) is 60.0 Å². The fourth-order valence-corrected chi connectivity index (χ4v) is 11.0. The number of sulfonamides is 1. The zero-order valence-corrected chi connectivity index (χ0v) is 46.3. The smallest absolute Gasteiger partial charge is 0.295 e. The van der Waals surface area contributed by atoms with E-state index in [4.69, 9.17) is 27.4 Å². The second-order valence-electron chi connectivity index (χ2n) is 18.0. The van der Waals surface area contributed by atoms with Gasteiger partial charge in [0.1, 0.15) is 29.3 Å². The fourth-order valence-electron chi connectivity index (χ4n) is 8.73. The number of nitrogens with two attached hydrogens (primary N) is 4. The van der Waals surface area contributed by atoms with Crippen LogP contribution in [0.1, 0.15) is 53.4 Å². The van der Waals surface area contributed by atoms with Crippen LogP contribution in [-0.4, -0.2) is 190 Å². The molecule has 1 heterocycles. The van der Waals surface area contributed by atoms with Crippen LogP contribution < -0.4 is 59.0 Å². The van der Waals surface area contributed by atoms with E-state index in [0.717, 1.165) is 21.4 Å². The molecule has 2 aliphatic rings. The number of carbonyl (C=O) groups excluding carboxylic acids is 4. The lowest BCUT2D eigenvalue weighted by molar-refractivity contribution is -0.123. The molecule has 1 aliphatic carbocycles. The monoisotopic (exact) mass is 1100 g/mol. The Balaban J connectivity index is 1.91. The van der Waals surface area contributed by atoms with E-state index in [1.807, 2.05) is 64.1 Å². The normalized spacial score (nSPS) is 11.9. The van der Waals surface area contributed by atoms with Gasteiger partial charge in [-0.15, -0.1) is 0 Å². The highest BCUT2D eigenvalue weighted by Gasteiger charge is 2.31. The zero-order valence-electron chi connectivity index (χ0n) is 44.7. The lowest BCUT2D eigenvalue weighted by atomic mass is 9.93. The van der Waals surface area contributed by atoms with E-state index >= 15 is 8.42 Å². The maximum absolute atomic E-state index is 15.2. The van der Waals surface area contributed by atoms with Gasteiger partial charge in [-0.3, -0.25) is 23.7 Å². The maximum Gasteiger partial charge on any atom is 0.295 e. The van der Waals surface area contributed by atoms with Gasteiger partial charge in [0.2, 0.25) is 39.0 Å². The Morgan fingerprint density at radius 3 is 1.46 bits per heavy atom. The first kappa shape index (κ1) is 62.9. The van der Waals surface area contributed by atoms with Gasteiger partial charge in [-0.05, 0) is 58.0 Å². The first-order valence-electron chi connectivity index (χ1n) is 26.2. The molecule has 25 heteroatoms. The average Bonchev–Trinajstić information content (AvgIpc) is 3.40. The molecule has 2 aromatic rings. The lowest BCUT2D eigenvalue weighted by Crippen LogP contribution is -2.45. The molecule has 0 aromatic heterocycles. The molecule has 4 rings (SSSR count). The van der Waals surface area contributed by atoms with Crippen LogP contribution in [0, 0.1) is 0 Å². The van der Waals surface area contributed by atoms with Crippen molar-refractivity contribution in [2.75, 3.05) is 136 Å². The summed E-state index contributed by atoms with van der Waals surface area (Å²) in [6.45, 7) is 13.0. The van der Waals surface area contributed by atoms with E-state index in [-0.39, 0.29) is 160 Å². The van der Waals surface area contributed by atoms with Gasteiger partial charge < -0.3 is 63.3 Å². The summed E-state index contributed by atoms with van der Waals surface area (Å²) in [4.78, 5) is 55.6. The van der Waals surface area contributed by atoms with Crippen LogP contribution >= 0.6 is 0 Å². The highest BCUT2D eigenvalue weighted by Crippen LogP contribution is 2.43. The van der Waals surface area contributed by atoms with Crippen molar-refractivity contribution in [2.24, 2.45) is 22.9 Å². The number of anilines is 1. The Kier molecular flexibility index (Phi) is 26.1. The van der Waals surface area contributed by atoms with Gasteiger partial charge in [0.05, 0.1) is 11.0 Å². The summed E-state index contributed by atoms with van der Waals surface area (Å²) >= 11 is 0. The lowest BCUT2D eigenvalue weighted by Gasteiger charge is -2.30. The number of carbonyl (C=O) groups is 4. The van der Waals surface area contributed by atoms with Crippen molar-refractivity contribution in [3.63, 3.8) is 0 Å². The molecule has 0 unspecified atom stereocenters. The first-order chi connectivity index (χ1) is 36.4. The number of hydrogen-bond acceptors (Lipinski definition) is 16. The Hall–Kier alpha value is -5.61. The van der Waals surface area contributed by atoms with E-state index in [9.17, 15) is 32.1 Å². The molecule has 76 heavy (non-hydrogen) atoms. The summed E-state index contributed by atoms with van der Waals surface area (Å²) in [6, 6.07) is 14.8. The first-order valence-corrected chi connectivity index (χ1v) is 29.0. The van der Waals surface area contributed by atoms with E-state index in [1.54, 1.807) is 9.80 Å². The summed E-state index contributed by atoms with van der Waals surface area (Å²) in [7, 11) is -9.83. The minimum Gasteiger partial charge on any atom is -0.456 e. The van der Waals surface area contributed by atoms with Crippen LogP contribution in [0.15, 0.2) is 68.8 Å². The third kappa shape index (κ3) is 18.6. The van der Waals surface area contributed by atoms with Crippen LogP contribution in [0.5, 0.6) is 0 Å². The molecule has 422 valence electrons. The van der Waals surface area contributed by atoms with E-state index in [1.165, 1.54) is 12.1 Å². The van der Waals surface area contributed by atoms with Gasteiger partial charge in [0, 0.05) is 183 Å². The highest BCUT2D eigenvalue weighted by atomic mass is 32.2. The number of amides is 4. The molecule has 0 spiro atoms. The number of benzene rings is 3. The second kappa shape index (κ2) is 31.6. The molecule has 2 aromatic carbocycles. The number of fused-ring (bicyclic) bond motifs is 2. The van der Waals surface area contributed by atoms with Crippen molar-refractivity contribution in [2.45, 2.75) is 63.2 Å². The molecule has 1 aliphatic heterocycles. The topological polar surface area (TPSA) is 338 Å². The summed E-state index contributed by atoms with van der Waals surface area (Å²) in [5.74, 6) is -0.757. The third-order valence-electron chi connectivity index (χ3n) is 12.9. The van der Waals surface area contributed by atoms with Crippen molar-refractivity contribution in [1.82, 2.24) is 39.9 Å². The molecule has 13 N–H and O–H groups in total. The van der Waals surface area contributed by atoms with Crippen molar-refractivity contribution in [3.8, 4) is 22.5 Å². The van der Waals surface area contributed by atoms with Crippen molar-refractivity contribution >= 4 is 60.4 Å². The van der Waals surface area contributed by atoms with E-state index in [0.29, 0.717) is 54.0 Å². The van der Waals surface area contributed by atoms with Crippen LogP contribution in [0.25, 0.3) is 33.4 Å². The molecule has 4 amide bonds. The quantitative estimate of drug-likeness (QED) is 0.0160. The van der Waals surface area contributed by atoms with Gasteiger partial charge in [-0.25, -0.2) is 13.0 Å². The van der Waals surface area contributed by atoms with Crippen LogP contribution in [0.4, 0.5) is 5.69 Å². The Morgan fingerprint density at radius 2 is 1.04 bits per heavy atom. The molecule has 0 radical (unpaired) electrons. The summed E-state index contributed by atoms with van der Waals surface area (Å²) < 4.78 is 78.9. The molecule has 0 saturated heterocycles. The predicted octanol–water partition coefficient (Wildman–Crippen LogP) is -0.436. The minimum atomic E-state index is -5.16. The van der Waals surface area contributed by atoms with Crippen molar-refractivity contribution in [1.29, 1.82) is 0 Å². The Morgan fingerprint density at radius 1 is 0.579 bits per heavy atom. The molecule has 23 nitrogen and oxygen atoms in total. The van der Waals surface area contributed by atoms with Crippen LogP contribution in [0.3, 0.4) is 0 Å². The molecule has 0 bridgehead atoms. The minimum absolute atomic E-state index is 0.00620. The highest BCUT2D eigenvalue weighted by molar-refractivity contribution is 7.89. The Bertz CT molecular complexity index is 2700. The van der Waals surface area contributed by atoms with Gasteiger partial charge >= 0.3 is 0 Å². The van der Waals surface area contributed by atoms with Gasteiger partial charge in [-0.2, -0.15) is 12.7 Å². The summed E-state index contributed by atoms with van der Waals surface area (Å²) in [6.07, 6.45) is 0.0248. The maximum atomic E-state index is 15.2. The molecular weight excluding hydrogens is 1020 g/mol. The molecule has 0 fully saturated rings. The van der Waals surface area contributed by atoms with E-state index in [2.05, 4.69) is 30.7 Å². The number of nitrogens with zero attached hydrogens (tertiary/aromatic N) is 5. The molecular formula is C51H82N13O10S2+. The largest absolute Gasteiger partial charge is 0.456 e. The fraction of sp³-hybridized carbons (Fsp3) is 0.549.